The summed E-state index contributed by atoms with van der Waals surface area (Å²) in [5.41, 5.74) is 6.42. The van der Waals surface area contributed by atoms with E-state index < -0.39 is 5.97 Å². The summed E-state index contributed by atoms with van der Waals surface area (Å²) < 4.78 is 16.7. The SMILES string of the molecule is CCOC(=O)c1nnn(CCCOCCOC)c1CN. The fraction of sp³-hybridized carbons (Fsp3) is 0.750. The number of methoxy groups -OCH3 is 1. The first-order valence-corrected chi connectivity index (χ1v) is 6.60. The molecule has 0 aromatic carbocycles. The summed E-state index contributed by atoms with van der Waals surface area (Å²) in [6.45, 7) is 4.53. The second kappa shape index (κ2) is 9.40. The number of nitrogens with two attached hydrogens (primary N) is 1. The second-order valence-corrected chi connectivity index (χ2v) is 3.99. The quantitative estimate of drug-likeness (QED) is 0.476. The van der Waals surface area contributed by atoms with Crippen molar-refractivity contribution in [1.29, 1.82) is 0 Å². The predicted molar refractivity (Wildman–Crippen MR) is 71.2 cm³/mol. The van der Waals surface area contributed by atoms with Gasteiger partial charge in [-0.1, -0.05) is 5.21 Å². The number of nitrogens with zero attached hydrogens (tertiary/aromatic N) is 3. The van der Waals surface area contributed by atoms with E-state index in [0.717, 1.165) is 6.42 Å². The van der Waals surface area contributed by atoms with E-state index in [1.54, 1.807) is 18.7 Å². The van der Waals surface area contributed by atoms with Crippen molar-refractivity contribution in [3.8, 4) is 0 Å². The van der Waals surface area contributed by atoms with Crippen LogP contribution in [0.2, 0.25) is 0 Å². The lowest BCUT2D eigenvalue weighted by molar-refractivity contribution is 0.0518. The average molecular weight is 286 g/mol. The molecular weight excluding hydrogens is 264 g/mol. The first-order chi connectivity index (χ1) is 9.74. The third-order valence-corrected chi connectivity index (χ3v) is 2.59. The van der Waals surface area contributed by atoms with Gasteiger partial charge in [-0.15, -0.1) is 5.10 Å². The molecule has 0 bridgehead atoms. The third-order valence-electron chi connectivity index (χ3n) is 2.59. The fourth-order valence-electron chi connectivity index (χ4n) is 1.63. The third kappa shape index (κ3) is 4.87. The minimum absolute atomic E-state index is 0.186. The van der Waals surface area contributed by atoms with Crippen LogP contribution in [0, 0.1) is 0 Å². The molecule has 20 heavy (non-hydrogen) atoms. The second-order valence-electron chi connectivity index (χ2n) is 3.99. The van der Waals surface area contributed by atoms with Gasteiger partial charge in [0.25, 0.3) is 0 Å². The molecule has 2 N–H and O–H groups in total. The standard InChI is InChI=1S/C12H22N4O4/c1-3-20-12(17)11-10(9-13)16(15-14-11)5-4-6-19-8-7-18-2/h3-9,13H2,1-2H3. The average Bonchev–Trinajstić information content (AvgIpc) is 2.86. The highest BCUT2D eigenvalue weighted by molar-refractivity contribution is 5.88. The number of carbonyl (C=O) groups is 1. The number of aromatic nitrogens is 3. The van der Waals surface area contributed by atoms with Gasteiger partial charge < -0.3 is 19.9 Å². The Labute approximate surface area is 118 Å². The van der Waals surface area contributed by atoms with Crippen molar-refractivity contribution in [3.05, 3.63) is 11.4 Å². The fourth-order valence-corrected chi connectivity index (χ4v) is 1.63. The van der Waals surface area contributed by atoms with Gasteiger partial charge in [-0.25, -0.2) is 9.48 Å². The number of rotatable bonds is 10. The highest BCUT2D eigenvalue weighted by Gasteiger charge is 2.19. The van der Waals surface area contributed by atoms with Gasteiger partial charge in [-0.05, 0) is 13.3 Å². The summed E-state index contributed by atoms with van der Waals surface area (Å²) >= 11 is 0. The van der Waals surface area contributed by atoms with Crippen molar-refractivity contribution < 1.29 is 19.0 Å². The van der Waals surface area contributed by atoms with Gasteiger partial charge in [0.05, 0.1) is 25.5 Å². The number of aryl methyl sites for hydroxylation is 1. The summed E-state index contributed by atoms with van der Waals surface area (Å²) in [4.78, 5) is 11.7. The van der Waals surface area contributed by atoms with E-state index in [-0.39, 0.29) is 12.2 Å². The van der Waals surface area contributed by atoms with E-state index in [2.05, 4.69) is 10.3 Å². The molecule has 0 radical (unpaired) electrons. The van der Waals surface area contributed by atoms with E-state index >= 15 is 0 Å². The number of hydrogen-bond acceptors (Lipinski definition) is 7. The predicted octanol–water partition coefficient (Wildman–Crippen LogP) is -0.0334. The Morgan fingerprint density at radius 2 is 2.15 bits per heavy atom. The number of ether oxygens (including phenoxy) is 3. The number of carbonyl (C=O) groups excluding carboxylic acids is 1. The lowest BCUT2D eigenvalue weighted by atomic mass is 10.3. The van der Waals surface area contributed by atoms with Crippen LogP contribution in [0.1, 0.15) is 29.5 Å². The Kier molecular flexibility index (Phi) is 7.78. The van der Waals surface area contributed by atoms with Crippen molar-refractivity contribution in [2.75, 3.05) is 33.5 Å². The van der Waals surface area contributed by atoms with Crippen molar-refractivity contribution >= 4 is 5.97 Å². The Hall–Kier alpha value is -1.51. The maximum atomic E-state index is 11.7. The number of esters is 1. The van der Waals surface area contributed by atoms with E-state index in [1.807, 2.05) is 0 Å². The Morgan fingerprint density at radius 3 is 2.80 bits per heavy atom. The molecule has 0 saturated heterocycles. The molecule has 0 fully saturated rings. The zero-order valence-electron chi connectivity index (χ0n) is 12.0. The van der Waals surface area contributed by atoms with Crippen LogP contribution < -0.4 is 5.73 Å². The van der Waals surface area contributed by atoms with Crippen LogP contribution >= 0.6 is 0 Å². The Morgan fingerprint density at radius 1 is 1.35 bits per heavy atom. The van der Waals surface area contributed by atoms with Gasteiger partial charge in [0, 0.05) is 26.8 Å². The maximum absolute atomic E-state index is 11.7. The lowest BCUT2D eigenvalue weighted by Gasteiger charge is -2.06. The molecule has 1 heterocycles. The largest absolute Gasteiger partial charge is 0.461 e. The normalized spacial score (nSPS) is 10.8. The van der Waals surface area contributed by atoms with Crippen LogP contribution in [0.25, 0.3) is 0 Å². The van der Waals surface area contributed by atoms with Gasteiger partial charge >= 0.3 is 5.97 Å². The van der Waals surface area contributed by atoms with Crippen LogP contribution in [0.5, 0.6) is 0 Å². The number of hydrogen-bond donors (Lipinski definition) is 1. The van der Waals surface area contributed by atoms with Gasteiger partial charge in [0.15, 0.2) is 5.69 Å². The molecule has 0 aliphatic carbocycles. The molecule has 1 aromatic rings. The monoisotopic (exact) mass is 286 g/mol. The minimum atomic E-state index is -0.490. The zero-order valence-corrected chi connectivity index (χ0v) is 12.0. The molecule has 8 nitrogen and oxygen atoms in total. The zero-order chi connectivity index (χ0) is 14.8. The molecule has 8 heteroatoms. The summed E-state index contributed by atoms with van der Waals surface area (Å²) in [5.74, 6) is -0.490. The van der Waals surface area contributed by atoms with Gasteiger partial charge in [0.1, 0.15) is 0 Å². The first kappa shape index (κ1) is 16.5. The summed E-state index contributed by atoms with van der Waals surface area (Å²) in [6, 6.07) is 0. The van der Waals surface area contributed by atoms with Crippen LogP contribution in [-0.4, -0.2) is 54.5 Å². The highest BCUT2D eigenvalue weighted by atomic mass is 16.5. The van der Waals surface area contributed by atoms with Crippen molar-refractivity contribution in [2.45, 2.75) is 26.4 Å². The summed E-state index contributed by atoms with van der Waals surface area (Å²) in [7, 11) is 1.63. The van der Waals surface area contributed by atoms with Gasteiger partial charge in [-0.2, -0.15) is 0 Å². The van der Waals surface area contributed by atoms with Gasteiger partial charge in [0.2, 0.25) is 0 Å². The van der Waals surface area contributed by atoms with Crippen LogP contribution in [0.15, 0.2) is 0 Å². The van der Waals surface area contributed by atoms with E-state index in [1.165, 1.54) is 0 Å². The molecule has 0 saturated carbocycles. The molecule has 0 spiro atoms. The first-order valence-electron chi connectivity index (χ1n) is 6.60. The molecule has 0 amide bonds. The van der Waals surface area contributed by atoms with E-state index in [9.17, 15) is 4.79 Å². The van der Waals surface area contributed by atoms with Gasteiger partial charge in [-0.3, -0.25) is 0 Å². The van der Waals surface area contributed by atoms with Crippen LogP contribution in [0.4, 0.5) is 0 Å². The van der Waals surface area contributed by atoms with Crippen molar-refractivity contribution in [2.24, 2.45) is 5.73 Å². The van der Waals surface area contributed by atoms with Crippen LogP contribution in [-0.2, 0) is 27.3 Å². The molecule has 1 aromatic heterocycles. The molecule has 0 aliphatic rings. The van der Waals surface area contributed by atoms with Crippen molar-refractivity contribution in [1.82, 2.24) is 15.0 Å². The molecular formula is C12H22N4O4. The van der Waals surface area contributed by atoms with Crippen LogP contribution in [0.3, 0.4) is 0 Å². The molecule has 1 rings (SSSR count). The Balaban J connectivity index is 2.48. The van der Waals surface area contributed by atoms with Crippen molar-refractivity contribution in [3.63, 3.8) is 0 Å². The minimum Gasteiger partial charge on any atom is -0.461 e. The van der Waals surface area contributed by atoms with E-state index in [0.29, 0.717) is 38.7 Å². The maximum Gasteiger partial charge on any atom is 0.360 e. The molecule has 114 valence electrons. The smallest absolute Gasteiger partial charge is 0.360 e. The molecule has 0 atom stereocenters. The summed E-state index contributed by atoms with van der Waals surface area (Å²) in [5, 5.41) is 7.76. The van der Waals surface area contributed by atoms with E-state index in [4.69, 9.17) is 19.9 Å². The Bertz CT molecular complexity index is 408. The molecule has 0 unspecified atom stereocenters. The lowest BCUT2D eigenvalue weighted by Crippen LogP contribution is -2.15. The highest BCUT2D eigenvalue weighted by Crippen LogP contribution is 2.07. The summed E-state index contributed by atoms with van der Waals surface area (Å²) in [6.07, 6.45) is 0.752. The topological polar surface area (TPSA) is 101 Å². The molecule has 0 aliphatic heterocycles.